The quantitative estimate of drug-likeness (QED) is 0.608. The summed E-state index contributed by atoms with van der Waals surface area (Å²) in [4.78, 5) is 10.5. The summed E-state index contributed by atoms with van der Waals surface area (Å²) in [6.07, 6.45) is 0.591. The van der Waals surface area contributed by atoms with Gasteiger partial charge in [0, 0.05) is 0 Å². The number of hydrogen-bond acceptors (Lipinski definition) is 3. The molecule has 1 aromatic rings. The highest BCUT2D eigenvalue weighted by Crippen LogP contribution is 2.29. The second-order valence-electron chi connectivity index (χ2n) is 2.32. The van der Waals surface area contributed by atoms with Crippen LogP contribution in [-0.4, -0.2) is 12.6 Å². The molecule has 0 saturated carbocycles. The fourth-order valence-corrected chi connectivity index (χ4v) is 1.62. The van der Waals surface area contributed by atoms with Gasteiger partial charge < -0.3 is 4.74 Å². The van der Waals surface area contributed by atoms with Gasteiger partial charge >= 0.3 is 0 Å². The Labute approximate surface area is 92.2 Å². The number of ether oxygens (including phenoxy) is 1. The largest absolute Gasteiger partial charge is 0.481 e. The Balaban J connectivity index is 3.01. The third-order valence-electron chi connectivity index (χ3n) is 1.45. The molecule has 0 aliphatic rings. The maximum Gasteiger partial charge on any atom is 0.197 e. The number of halogens is 2. The topological polar surface area (TPSA) is 43.4 Å². The van der Waals surface area contributed by atoms with E-state index in [1.54, 1.807) is 0 Å². The van der Waals surface area contributed by atoms with E-state index in [0.717, 1.165) is 0 Å². The first kappa shape index (κ1) is 11.4. The summed E-state index contributed by atoms with van der Waals surface area (Å²) in [7, 11) is -0.132. The van der Waals surface area contributed by atoms with Crippen molar-refractivity contribution in [1.82, 2.24) is 0 Å². The van der Waals surface area contributed by atoms with Crippen LogP contribution in [0.15, 0.2) is 12.1 Å². The van der Waals surface area contributed by atoms with E-state index in [1.165, 1.54) is 12.1 Å². The third kappa shape index (κ3) is 2.68. The highest BCUT2D eigenvalue weighted by Gasteiger charge is 2.07. The minimum Gasteiger partial charge on any atom is -0.481 e. The van der Waals surface area contributed by atoms with Crippen molar-refractivity contribution in [1.29, 1.82) is 0 Å². The predicted octanol–water partition coefficient (Wildman–Crippen LogP) is 3.43. The molecule has 0 spiro atoms. The van der Waals surface area contributed by atoms with Crippen LogP contribution < -0.4 is 4.74 Å². The molecule has 0 aliphatic heterocycles. The van der Waals surface area contributed by atoms with E-state index in [9.17, 15) is 9.36 Å². The highest BCUT2D eigenvalue weighted by molar-refractivity contribution is 7.23. The van der Waals surface area contributed by atoms with Gasteiger partial charge in [0.25, 0.3) is 0 Å². The van der Waals surface area contributed by atoms with Gasteiger partial charge in [-0.25, -0.2) is 0 Å². The van der Waals surface area contributed by atoms with Crippen LogP contribution in [0.4, 0.5) is 0 Å². The molecule has 0 radical (unpaired) electrons. The molecule has 0 bridgehead atoms. The molecule has 0 amide bonds. The molecular formula is C8H5Cl2O3P. The summed E-state index contributed by atoms with van der Waals surface area (Å²) in [5, 5.41) is 0.426. The summed E-state index contributed by atoms with van der Waals surface area (Å²) >= 11 is 11.5. The fraction of sp³-hybridized carbons (Fsp3) is 0.125. The van der Waals surface area contributed by atoms with Crippen LogP contribution in [0.25, 0.3) is 0 Å². The van der Waals surface area contributed by atoms with E-state index in [2.05, 4.69) is 0 Å². The van der Waals surface area contributed by atoms with Crippen molar-refractivity contribution in [2.75, 3.05) is 6.35 Å². The zero-order valence-electron chi connectivity index (χ0n) is 6.87. The van der Waals surface area contributed by atoms with Crippen LogP contribution in [-0.2, 0) is 4.57 Å². The van der Waals surface area contributed by atoms with Gasteiger partial charge in [-0.2, -0.15) is 0 Å². The predicted molar refractivity (Wildman–Crippen MR) is 55.0 cm³/mol. The number of hydrogen-bond donors (Lipinski definition) is 0. The number of rotatable bonds is 4. The second kappa shape index (κ2) is 5.30. The Hall–Kier alpha value is -0.630. The van der Waals surface area contributed by atoms with Crippen LogP contribution in [0.3, 0.4) is 0 Å². The van der Waals surface area contributed by atoms with Gasteiger partial charge in [-0.15, -0.1) is 0 Å². The van der Waals surface area contributed by atoms with Crippen molar-refractivity contribution in [2.24, 2.45) is 0 Å². The monoisotopic (exact) mass is 250 g/mol. The summed E-state index contributed by atoms with van der Waals surface area (Å²) < 4.78 is 15.1. The minimum atomic E-state index is -0.132. The molecule has 3 nitrogen and oxygen atoms in total. The molecule has 0 N–H and O–H groups in total. The maximum atomic E-state index is 10.5. The van der Waals surface area contributed by atoms with Gasteiger partial charge in [-0.05, 0) is 12.1 Å². The van der Waals surface area contributed by atoms with E-state index in [4.69, 9.17) is 27.9 Å². The molecule has 1 rings (SSSR count). The van der Waals surface area contributed by atoms with E-state index in [0.29, 0.717) is 12.0 Å². The van der Waals surface area contributed by atoms with Crippen molar-refractivity contribution in [2.45, 2.75) is 0 Å². The van der Waals surface area contributed by atoms with Crippen molar-refractivity contribution in [3.63, 3.8) is 0 Å². The molecule has 1 aromatic carbocycles. The fourth-order valence-electron chi connectivity index (χ4n) is 0.858. The lowest BCUT2D eigenvalue weighted by molar-refractivity contribution is 0.112. The van der Waals surface area contributed by atoms with Gasteiger partial charge in [0.1, 0.15) is 5.75 Å². The van der Waals surface area contributed by atoms with Crippen molar-refractivity contribution in [3.05, 3.63) is 27.7 Å². The first-order valence-corrected chi connectivity index (χ1v) is 5.30. The van der Waals surface area contributed by atoms with Gasteiger partial charge in [0.05, 0.1) is 15.6 Å². The highest BCUT2D eigenvalue weighted by atomic mass is 35.5. The molecule has 0 saturated heterocycles. The van der Waals surface area contributed by atoms with Gasteiger partial charge in [0.15, 0.2) is 21.1 Å². The number of carbonyl (C=O) groups excluding carboxylic acids is 1. The Kier molecular flexibility index (Phi) is 4.33. The molecule has 0 aliphatic carbocycles. The Morgan fingerprint density at radius 3 is 2.36 bits per heavy atom. The SMILES string of the molecule is O=Cc1c(Cl)cc(OCP=O)cc1Cl. The van der Waals surface area contributed by atoms with E-state index in [-0.39, 0.29) is 30.4 Å². The van der Waals surface area contributed by atoms with Crippen molar-refractivity contribution in [3.8, 4) is 5.75 Å². The lowest BCUT2D eigenvalue weighted by Gasteiger charge is -2.05. The Bertz CT molecular complexity index is 345. The third-order valence-corrected chi connectivity index (χ3v) is 2.31. The van der Waals surface area contributed by atoms with Gasteiger partial charge in [0.2, 0.25) is 0 Å². The molecular weight excluding hydrogens is 246 g/mol. The average molecular weight is 251 g/mol. The summed E-state index contributed by atoms with van der Waals surface area (Å²) in [6, 6.07) is 2.89. The second-order valence-corrected chi connectivity index (χ2v) is 3.65. The molecule has 74 valence electrons. The summed E-state index contributed by atoms with van der Waals surface area (Å²) in [5.74, 6) is 0.383. The molecule has 6 heteroatoms. The summed E-state index contributed by atoms with van der Waals surface area (Å²) in [5.41, 5.74) is 0.223. The van der Waals surface area contributed by atoms with E-state index < -0.39 is 0 Å². The average Bonchev–Trinajstić information content (AvgIpc) is 2.14. The first-order chi connectivity index (χ1) is 6.69. The smallest absolute Gasteiger partial charge is 0.197 e. The van der Waals surface area contributed by atoms with Crippen LogP contribution >= 0.6 is 31.7 Å². The van der Waals surface area contributed by atoms with E-state index in [1.807, 2.05) is 0 Å². The molecule has 0 unspecified atom stereocenters. The van der Waals surface area contributed by atoms with Crippen molar-refractivity contribution >= 4 is 37.9 Å². The number of benzene rings is 1. The van der Waals surface area contributed by atoms with E-state index >= 15 is 0 Å². The first-order valence-electron chi connectivity index (χ1n) is 3.55. The maximum absolute atomic E-state index is 10.5. The van der Waals surface area contributed by atoms with Crippen LogP contribution in [0.2, 0.25) is 10.0 Å². The Morgan fingerprint density at radius 1 is 1.36 bits per heavy atom. The Morgan fingerprint density at radius 2 is 1.93 bits per heavy atom. The molecule has 0 aromatic heterocycles. The number of aldehydes is 1. The zero-order chi connectivity index (χ0) is 10.6. The minimum absolute atomic E-state index is 0.0209. The number of carbonyl (C=O) groups is 1. The normalized spacial score (nSPS) is 10.1. The molecule has 14 heavy (non-hydrogen) atoms. The van der Waals surface area contributed by atoms with Crippen LogP contribution in [0.1, 0.15) is 10.4 Å². The van der Waals surface area contributed by atoms with Gasteiger partial charge in [-0.1, -0.05) is 23.2 Å². The molecule has 0 heterocycles. The molecule has 0 atom stereocenters. The standard InChI is InChI=1S/C8H5Cl2O3P/c9-7-1-5(13-4-14-12)2-8(10)6(7)3-11/h1-3H,4H2. The van der Waals surface area contributed by atoms with Crippen LogP contribution in [0, 0.1) is 0 Å². The van der Waals surface area contributed by atoms with Gasteiger partial charge in [-0.3, -0.25) is 9.36 Å². The zero-order valence-corrected chi connectivity index (χ0v) is 9.27. The lowest BCUT2D eigenvalue weighted by Crippen LogP contribution is -1.91. The molecule has 0 fully saturated rings. The lowest BCUT2D eigenvalue weighted by atomic mass is 10.2. The summed E-state index contributed by atoms with van der Waals surface area (Å²) in [6.45, 7) is 0. The van der Waals surface area contributed by atoms with Crippen molar-refractivity contribution < 1.29 is 14.1 Å². The van der Waals surface area contributed by atoms with Crippen LogP contribution in [0.5, 0.6) is 5.75 Å².